The van der Waals surface area contributed by atoms with Gasteiger partial charge >= 0.3 is 0 Å². The zero-order valence-electron chi connectivity index (χ0n) is 11.0. The van der Waals surface area contributed by atoms with Crippen LogP contribution >= 0.6 is 35.6 Å². The fourth-order valence-corrected chi connectivity index (χ4v) is 3.86. The second-order valence-electron chi connectivity index (χ2n) is 4.90. The standard InChI is InChI=1S/C15H15ClN2S2/c16-10-4-3-5-11(8-10)20-9-14-17-13-7-2-1-6-12(13)15(19)18-14/h3-5,8H,1-2,6-7,9H2,(H,17,18,19). The second kappa shape index (κ2) is 6.29. The smallest absolute Gasteiger partial charge is 0.133 e. The van der Waals surface area contributed by atoms with Gasteiger partial charge in [-0.25, -0.2) is 4.98 Å². The van der Waals surface area contributed by atoms with E-state index in [9.17, 15) is 0 Å². The summed E-state index contributed by atoms with van der Waals surface area (Å²) in [6.45, 7) is 0. The maximum Gasteiger partial charge on any atom is 0.133 e. The lowest BCUT2D eigenvalue weighted by molar-refractivity contribution is 0.655. The molecule has 1 aromatic heterocycles. The quantitative estimate of drug-likeness (QED) is 0.639. The molecule has 1 N–H and O–H groups in total. The largest absolute Gasteiger partial charge is 0.346 e. The van der Waals surface area contributed by atoms with Gasteiger partial charge in [0.05, 0.1) is 5.75 Å². The highest BCUT2D eigenvalue weighted by Gasteiger charge is 2.13. The summed E-state index contributed by atoms with van der Waals surface area (Å²) in [6.07, 6.45) is 4.63. The molecule has 0 saturated carbocycles. The predicted octanol–water partition coefficient (Wildman–Crippen LogP) is 4.96. The summed E-state index contributed by atoms with van der Waals surface area (Å²) in [7, 11) is 0. The van der Waals surface area contributed by atoms with Gasteiger partial charge in [-0.3, -0.25) is 0 Å². The molecular weight excluding hydrogens is 308 g/mol. The van der Waals surface area contributed by atoms with Gasteiger partial charge in [-0.2, -0.15) is 0 Å². The SMILES string of the molecule is S=c1nc(CSc2cccc(Cl)c2)[nH]c2c1CCCC2. The number of H-pyrrole nitrogens is 1. The van der Waals surface area contributed by atoms with E-state index in [0.717, 1.165) is 39.0 Å². The van der Waals surface area contributed by atoms with Crippen molar-refractivity contribution >= 4 is 35.6 Å². The first-order chi connectivity index (χ1) is 9.72. The number of aryl methyl sites for hydroxylation is 1. The van der Waals surface area contributed by atoms with Gasteiger partial charge in [0.25, 0.3) is 0 Å². The van der Waals surface area contributed by atoms with Crippen LogP contribution in [0.2, 0.25) is 5.02 Å². The molecule has 0 aliphatic heterocycles. The number of rotatable bonds is 3. The van der Waals surface area contributed by atoms with Crippen molar-refractivity contribution in [3.05, 3.63) is 51.0 Å². The van der Waals surface area contributed by atoms with Gasteiger partial charge in [0.15, 0.2) is 0 Å². The summed E-state index contributed by atoms with van der Waals surface area (Å²) in [5.41, 5.74) is 2.54. The van der Waals surface area contributed by atoms with Crippen molar-refractivity contribution in [1.82, 2.24) is 9.97 Å². The first kappa shape index (κ1) is 14.1. The molecule has 0 spiro atoms. The summed E-state index contributed by atoms with van der Waals surface area (Å²) in [5.74, 6) is 1.75. The van der Waals surface area contributed by atoms with E-state index < -0.39 is 0 Å². The van der Waals surface area contributed by atoms with Crippen LogP contribution in [-0.4, -0.2) is 9.97 Å². The number of halogens is 1. The number of hydrogen-bond donors (Lipinski definition) is 1. The van der Waals surface area contributed by atoms with E-state index in [0.29, 0.717) is 0 Å². The van der Waals surface area contributed by atoms with Crippen molar-refractivity contribution in [3.8, 4) is 0 Å². The van der Waals surface area contributed by atoms with E-state index in [1.807, 2.05) is 18.2 Å². The molecule has 0 atom stereocenters. The highest BCUT2D eigenvalue weighted by atomic mass is 35.5. The topological polar surface area (TPSA) is 28.7 Å². The minimum absolute atomic E-state index is 0.765. The molecule has 1 aromatic carbocycles. The minimum atomic E-state index is 0.765. The van der Waals surface area contributed by atoms with Gasteiger partial charge in [0, 0.05) is 21.2 Å². The molecule has 1 aliphatic rings. The molecule has 2 nitrogen and oxygen atoms in total. The van der Waals surface area contributed by atoms with Crippen LogP contribution in [0.1, 0.15) is 29.9 Å². The Hall–Kier alpha value is -0.840. The van der Waals surface area contributed by atoms with Crippen LogP contribution in [0.3, 0.4) is 0 Å². The van der Waals surface area contributed by atoms with Crippen molar-refractivity contribution in [1.29, 1.82) is 0 Å². The Kier molecular flexibility index (Phi) is 4.44. The zero-order chi connectivity index (χ0) is 13.9. The lowest BCUT2D eigenvalue weighted by atomic mass is 9.97. The molecule has 1 aliphatic carbocycles. The number of benzene rings is 1. The molecule has 0 radical (unpaired) electrons. The van der Waals surface area contributed by atoms with Crippen LogP contribution in [0.25, 0.3) is 0 Å². The maximum absolute atomic E-state index is 5.99. The summed E-state index contributed by atoms with van der Waals surface area (Å²) < 4.78 is 0.778. The Balaban J connectivity index is 1.78. The van der Waals surface area contributed by atoms with Crippen LogP contribution in [0.15, 0.2) is 29.2 Å². The molecule has 0 fully saturated rings. The summed E-state index contributed by atoms with van der Waals surface area (Å²) >= 11 is 13.1. The van der Waals surface area contributed by atoms with Gasteiger partial charge in [0.1, 0.15) is 10.5 Å². The lowest BCUT2D eigenvalue weighted by Crippen LogP contribution is -2.09. The molecule has 0 saturated heterocycles. The summed E-state index contributed by atoms with van der Waals surface area (Å²) in [5, 5.41) is 0.765. The third-order valence-corrected chi connectivity index (χ3v) is 5.01. The van der Waals surface area contributed by atoms with Crippen LogP contribution in [0, 0.1) is 4.64 Å². The fourth-order valence-electron chi connectivity index (χ4n) is 2.45. The van der Waals surface area contributed by atoms with Crippen LogP contribution in [-0.2, 0) is 18.6 Å². The average molecular weight is 323 g/mol. The Morgan fingerprint density at radius 3 is 3.00 bits per heavy atom. The predicted molar refractivity (Wildman–Crippen MR) is 87.1 cm³/mol. The second-order valence-corrected chi connectivity index (χ2v) is 6.77. The first-order valence-electron chi connectivity index (χ1n) is 6.72. The number of nitrogens with one attached hydrogen (secondary N) is 1. The van der Waals surface area contributed by atoms with Gasteiger partial charge in [0.2, 0.25) is 0 Å². The molecule has 1 heterocycles. The highest BCUT2D eigenvalue weighted by Crippen LogP contribution is 2.26. The molecule has 20 heavy (non-hydrogen) atoms. The Labute approximate surface area is 133 Å². The number of hydrogen-bond acceptors (Lipinski definition) is 3. The Bertz CT molecular complexity index is 682. The first-order valence-corrected chi connectivity index (χ1v) is 8.49. The number of fused-ring (bicyclic) bond motifs is 1. The molecule has 104 valence electrons. The molecule has 0 bridgehead atoms. The third-order valence-electron chi connectivity index (χ3n) is 3.43. The van der Waals surface area contributed by atoms with Crippen molar-refractivity contribution in [3.63, 3.8) is 0 Å². The van der Waals surface area contributed by atoms with Crippen molar-refractivity contribution < 1.29 is 0 Å². The van der Waals surface area contributed by atoms with Crippen molar-refractivity contribution in [2.24, 2.45) is 0 Å². The van der Waals surface area contributed by atoms with Crippen LogP contribution in [0.5, 0.6) is 0 Å². The summed E-state index contributed by atoms with van der Waals surface area (Å²) in [4.78, 5) is 9.14. The van der Waals surface area contributed by atoms with Gasteiger partial charge in [-0.15, -0.1) is 11.8 Å². The zero-order valence-corrected chi connectivity index (χ0v) is 13.4. The van der Waals surface area contributed by atoms with E-state index in [4.69, 9.17) is 23.8 Å². The van der Waals surface area contributed by atoms with Crippen LogP contribution < -0.4 is 0 Å². The van der Waals surface area contributed by atoms with Crippen molar-refractivity contribution in [2.45, 2.75) is 36.3 Å². The lowest BCUT2D eigenvalue weighted by Gasteiger charge is -2.16. The van der Waals surface area contributed by atoms with Gasteiger partial charge in [-0.05, 0) is 43.9 Å². The van der Waals surface area contributed by atoms with E-state index in [1.54, 1.807) is 11.8 Å². The average Bonchev–Trinajstić information content (AvgIpc) is 2.45. The fraction of sp³-hybridized carbons (Fsp3) is 0.333. The molecule has 2 aromatic rings. The monoisotopic (exact) mass is 322 g/mol. The number of thioether (sulfide) groups is 1. The normalized spacial score (nSPS) is 14.1. The molecular formula is C15H15ClN2S2. The maximum atomic E-state index is 5.99. The van der Waals surface area contributed by atoms with Gasteiger partial charge < -0.3 is 4.98 Å². The molecule has 3 rings (SSSR count). The third kappa shape index (κ3) is 3.25. The highest BCUT2D eigenvalue weighted by molar-refractivity contribution is 7.98. The van der Waals surface area contributed by atoms with E-state index in [-0.39, 0.29) is 0 Å². The molecule has 0 unspecified atom stereocenters. The minimum Gasteiger partial charge on any atom is -0.346 e. The van der Waals surface area contributed by atoms with Crippen molar-refractivity contribution in [2.75, 3.05) is 0 Å². The number of aromatic amines is 1. The van der Waals surface area contributed by atoms with Gasteiger partial charge in [-0.1, -0.05) is 29.9 Å². The van der Waals surface area contributed by atoms with E-state index >= 15 is 0 Å². The van der Waals surface area contributed by atoms with E-state index in [2.05, 4.69) is 16.0 Å². The molecule has 5 heteroatoms. The van der Waals surface area contributed by atoms with E-state index in [1.165, 1.54) is 24.1 Å². The number of nitrogens with zero attached hydrogens (tertiary/aromatic N) is 1. The Morgan fingerprint density at radius 2 is 2.15 bits per heavy atom. The summed E-state index contributed by atoms with van der Waals surface area (Å²) in [6, 6.07) is 7.88. The van der Waals surface area contributed by atoms with Crippen LogP contribution in [0.4, 0.5) is 0 Å². The number of aromatic nitrogens is 2. The molecule has 0 amide bonds. The Morgan fingerprint density at radius 1 is 1.30 bits per heavy atom.